The zero-order valence-corrected chi connectivity index (χ0v) is 11.7. The first-order valence-electron chi connectivity index (χ1n) is 7.26. The maximum absolute atomic E-state index is 11.9. The van der Waals surface area contributed by atoms with Crippen LogP contribution in [0, 0.1) is 11.8 Å². The van der Waals surface area contributed by atoms with Crippen molar-refractivity contribution >= 4 is 6.03 Å². The van der Waals surface area contributed by atoms with Crippen LogP contribution in [0.25, 0.3) is 0 Å². The average molecular weight is 254 g/mol. The molecule has 2 amide bonds. The SMILES string of the molecule is C[C@@H]1CCC[C@H]1NC(=O)N(C)CCOCC1CC1. The Morgan fingerprint density at radius 2 is 2.11 bits per heavy atom. The Bertz CT molecular complexity index is 279. The van der Waals surface area contributed by atoms with Crippen molar-refractivity contribution in [3.8, 4) is 0 Å². The van der Waals surface area contributed by atoms with Gasteiger partial charge in [0.2, 0.25) is 0 Å². The van der Waals surface area contributed by atoms with Gasteiger partial charge in [0.05, 0.1) is 6.61 Å². The first-order chi connectivity index (χ1) is 8.66. The van der Waals surface area contributed by atoms with Gasteiger partial charge in [-0.1, -0.05) is 13.3 Å². The monoisotopic (exact) mass is 254 g/mol. The second kappa shape index (κ2) is 6.41. The number of carbonyl (C=O) groups is 1. The minimum Gasteiger partial charge on any atom is -0.379 e. The van der Waals surface area contributed by atoms with Gasteiger partial charge in [0, 0.05) is 26.2 Å². The summed E-state index contributed by atoms with van der Waals surface area (Å²) in [4.78, 5) is 13.7. The standard InChI is InChI=1S/C14H26N2O2/c1-11-4-3-5-13(11)15-14(17)16(2)8-9-18-10-12-6-7-12/h11-13H,3-10H2,1-2H3,(H,15,17)/t11-,13-/m1/s1. The fourth-order valence-electron chi connectivity index (χ4n) is 2.47. The van der Waals surface area contributed by atoms with Gasteiger partial charge in [0.15, 0.2) is 0 Å². The van der Waals surface area contributed by atoms with Crippen molar-refractivity contribution in [2.75, 3.05) is 26.8 Å². The van der Waals surface area contributed by atoms with Gasteiger partial charge in [-0.15, -0.1) is 0 Å². The van der Waals surface area contributed by atoms with E-state index in [0.717, 1.165) is 18.9 Å². The molecule has 2 aliphatic carbocycles. The van der Waals surface area contributed by atoms with Gasteiger partial charge in [0.1, 0.15) is 0 Å². The summed E-state index contributed by atoms with van der Waals surface area (Å²) >= 11 is 0. The van der Waals surface area contributed by atoms with E-state index in [9.17, 15) is 4.79 Å². The predicted octanol–water partition coefficient (Wildman–Crippen LogP) is 2.24. The van der Waals surface area contributed by atoms with Gasteiger partial charge in [0.25, 0.3) is 0 Å². The lowest BCUT2D eigenvalue weighted by molar-refractivity contribution is 0.107. The summed E-state index contributed by atoms with van der Waals surface area (Å²) in [6.07, 6.45) is 6.23. The van der Waals surface area contributed by atoms with Crippen LogP contribution in [0.4, 0.5) is 4.79 Å². The zero-order valence-electron chi connectivity index (χ0n) is 11.7. The summed E-state index contributed by atoms with van der Waals surface area (Å²) in [5.74, 6) is 1.41. The number of carbonyl (C=O) groups excluding carboxylic acids is 1. The molecule has 4 nitrogen and oxygen atoms in total. The Kier molecular flexibility index (Phi) is 4.87. The van der Waals surface area contributed by atoms with Crippen molar-refractivity contribution in [1.82, 2.24) is 10.2 Å². The molecule has 2 rings (SSSR count). The summed E-state index contributed by atoms with van der Waals surface area (Å²) in [6.45, 7) is 4.42. The van der Waals surface area contributed by atoms with Crippen LogP contribution in [0.2, 0.25) is 0 Å². The number of nitrogens with one attached hydrogen (secondary N) is 1. The molecule has 2 atom stereocenters. The molecule has 0 spiro atoms. The number of rotatable bonds is 6. The van der Waals surface area contributed by atoms with Crippen LogP contribution < -0.4 is 5.32 Å². The normalized spacial score (nSPS) is 27.2. The van der Waals surface area contributed by atoms with Crippen LogP contribution >= 0.6 is 0 Å². The number of amides is 2. The number of hydrogen-bond acceptors (Lipinski definition) is 2. The fraction of sp³-hybridized carbons (Fsp3) is 0.929. The maximum atomic E-state index is 11.9. The smallest absolute Gasteiger partial charge is 0.317 e. The van der Waals surface area contributed by atoms with E-state index in [0.29, 0.717) is 25.1 Å². The van der Waals surface area contributed by atoms with Crippen molar-refractivity contribution in [3.63, 3.8) is 0 Å². The van der Waals surface area contributed by atoms with Crippen molar-refractivity contribution in [3.05, 3.63) is 0 Å². The maximum Gasteiger partial charge on any atom is 0.317 e. The van der Waals surface area contributed by atoms with E-state index in [1.807, 2.05) is 7.05 Å². The highest BCUT2D eigenvalue weighted by Gasteiger charge is 2.25. The van der Waals surface area contributed by atoms with Crippen LogP contribution in [0.5, 0.6) is 0 Å². The quantitative estimate of drug-likeness (QED) is 0.739. The summed E-state index contributed by atoms with van der Waals surface area (Å²) in [5.41, 5.74) is 0. The van der Waals surface area contributed by atoms with Crippen LogP contribution in [-0.2, 0) is 4.74 Å². The Labute approximate surface area is 110 Å². The summed E-state index contributed by atoms with van der Waals surface area (Å²) in [6, 6.07) is 0.413. The first kappa shape index (κ1) is 13.7. The molecule has 1 N–H and O–H groups in total. The Morgan fingerprint density at radius 3 is 2.72 bits per heavy atom. The third-order valence-corrected chi connectivity index (χ3v) is 4.14. The highest BCUT2D eigenvalue weighted by atomic mass is 16.5. The molecule has 0 unspecified atom stereocenters. The molecule has 104 valence electrons. The molecule has 0 aromatic carbocycles. The third kappa shape index (κ3) is 4.16. The number of nitrogens with zero attached hydrogens (tertiary/aromatic N) is 1. The van der Waals surface area contributed by atoms with Crippen LogP contribution in [-0.4, -0.2) is 43.8 Å². The zero-order chi connectivity index (χ0) is 13.0. The second-order valence-corrected chi connectivity index (χ2v) is 5.90. The molecule has 0 heterocycles. The van der Waals surface area contributed by atoms with Gasteiger partial charge in [-0.05, 0) is 37.5 Å². The molecule has 2 aliphatic rings. The van der Waals surface area contributed by atoms with Gasteiger partial charge < -0.3 is 15.0 Å². The molecule has 0 aromatic heterocycles. The molecule has 0 aromatic rings. The first-order valence-corrected chi connectivity index (χ1v) is 7.26. The van der Waals surface area contributed by atoms with E-state index >= 15 is 0 Å². The van der Waals surface area contributed by atoms with Crippen molar-refractivity contribution < 1.29 is 9.53 Å². The molecule has 0 bridgehead atoms. The minimum atomic E-state index is 0.0452. The largest absolute Gasteiger partial charge is 0.379 e. The summed E-state index contributed by atoms with van der Waals surface area (Å²) < 4.78 is 5.55. The van der Waals surface area contributed by atoms with Gasteiger partial charge >= 0.3 is 6.03 Å². The molecule has 18 heavy (non-hydrogen) atoms. The predicted molar refractivity (Wildman–Crippen MR) is 71.5 cm³/mol. The molecular formula is C14H26N2O2. The highest BCUT2D eigenvalue weighted by Crippen LogP contribution is 2.28. The van der Waals surface area contributed by atoms with Gasteiger partial charge in [-0.3, -0.25) is 0 Å². The molecule has 4 heteroatoms. The van der Waals surface area contributed by atoms with Crippen LogP contribution in [0.3, 0.4) is 0 Å². The van der Waals surface area contributed by atoms with Gasteiger partial charge in [-0.2, -0.15) is 0 Å². The number of hydrogen-bond donors (Lipinski definition) is 1. The number of likely N-dealkylation sites (N-methyl/N-ethyl adjacent to an activating group) is 1. The minimum absolute atomic E-state index is 0.0452. The van der Waals surface area contributed by atoms with Gasteiger partial charge in [-0.25, -0.2) is 4.79 Å². The van der Waals surface area contributed by atoms with Crippen LogP contribution in [0.1, 0.15) is 39.0 Å². The summed E-state index contributed by atoms with van der Waals surface area (Å²) in [5, 5.41) is 3.12. The lowest BCUT2D eigenvalue weighted by atomic mass is 10.1. The van der Waals surface area contributed by atoms with E-state index in [4.69, 9.17) is 4.74 Å². The van der Waals surface area contributed by atoms with Crippen LogP contribution in [0.15, 0.2) is 0 Å². The van der Waals surface area contributed by atoms with Crippen molar-refractivity contribution in [2.24, 2.45) is 11.8 Å². The van der Waals surface area contributed by atoms with E-state index in [1.54, 1.807) is 4.90 Å². The van der Waals surface area contributed by atoms with E-state index in [2.05, 4.69) is 12.2 Å². The topological polar surface area (TPSA) is 41.6 Å². The van der Waals surface area contributed by atoms with E-state index in [-0.39, 0.29) is 6.03 Å². The fourth-order valence-corrected chi connectivity index (χ4v) is 2.47. The Hall–Kier alpha value is -0.770. The number of urea groups is 1. The third-order valence-electron chi connectivity index (χ3n) is 4.14. The molecule has 0 aliphatic heterocycles. The second-order valence-electron chi connectivity index (χ2n) is 5.90. The van der Waals surface area contributed by atoms with Crippen molar-refractivity contribution in [2.45, 2.75) is 45.1 Å². The number of ether oxygens (including phenoxy) is 1. The van der Waals surface area contributed by atoms with Crippen molar-refractivity contribution in [1.29, 1.82) is 0 Å². The average Bonchev–Trinajstić information content (AvgIpc) is 3.09. The molecule has 2 fully saturated rings. The summed E-state index contributed by atoms with van der Waals surface area (Å²) in [7, 11) is 1.84. The lowest BCUT2D eigenvalue weighted by Crippen LogP contribution is -2.45. The molecule has 0 radical (unpaired) electrons. The lowest BCUT2D eigenvalue weighted by Gasteiger charge is -2.23. The molecule has 0 saturated heterocycles. The van der Waals surface area contributed by atoms with E-state index < -0.39 is 0 Å². The Balaban J connectivity index is 1.58. The highest BCUT2D eigenvalue weighted by molar-refractivity contribution is 5.74. The van der Waals surface area contributed by atoms with E-state index in [1.165, 1.54) is 25.7 Å². The molecule has 2 saturated carbocycles. The molecular weight excluding hydrogens is 228 g/mol. The Morgan fingerprint density at radius 1 is 1.33 bits per heavy atom.